The van der Waals surface area contributed by atoms with Crippen LogP contribution >= 0.6 is 11.3 Å². The van der Waals surface area contributed by atoms with Crippen LogP contribution in [0.3, 0.4) is 0 Å². The molecule has 1 aromatic heterocycles. The Bertz CT molecular complexity index is 680. The molecular formula is C18H19NOS. The number of nitrogens with zero attached hydrogens (tertiary/aromatic N) is 1. The Morgan fingerprint density at radius 1 is 1.38 bits per heavy atom. The van der Waals surface area contributed by atoms with Gasteiger partial charge in [0.15, 0.2) is 0 Å². The molecule has 0 fully saturated rings. The Balaban J connectivity index is 1.80. The van der Waals surface area contributed by atoms with Crippen LogP contribution in [0.5, 0.6) is 0 Å². The van der Waals surface area contributed by atoms with E-state index in [4.69, 9.17) is 5.11 Å². The van der Waals surface area contributed by atoms with E-state index in [9.17, 15) is 0 Å². The molecule has 1 unspecified atom stereocenters. The van der Waals surface area contributed by atoms with Crippen molar-refractivity contribution in [1.29, 1.82) is 0 Å². The number of para-hydroxylation sites is 1. The van der Waals surface area contributed by atoms with Crippen molar-refractivity contribution in [3.05, 3.63) is 51.7 Å². The van der Waals surface area contributed by atoms with Crippen LogP contribution in [-0.4, -0.2) is 18.3 Å². The first-order valence-electron chi connectivity index (χ1n) is 7.26. The summed E-state index contributed by atoms with van der Waals surface area (Å²) in [4.78, 5) is 3.79. The molecule has 0 saturated heterocycles. The second-order valence-electron chi connectivity index (χ2n) is 5.58. The largest absolute Gasteiger partial charge is 0.384 e. The van der Waals surface area contributed by atoms with Gasteiger partial charge in [0.1, 0.15) is 6.61 Å². The van der Waals surface area contributed by atoms with Crippen LogP contribution in [0.25, 0.3) is 0 Å². The van der Waals surface area contributed by atoms with Crippen LogP contribution in [0.2, 0.25) is 0 Å². The molecule has 2 aromatic rings. The summed E-state index contributed by atoms with van der Waals surface area (Å²) in [5, 5.41) is 10.8. The second-order valence-corrected chi connectivity index (χ2v) is 6.58. The maximum absolute atomic E-state index is 8.76. The molecular weight excluding hydrogens is 278 g/mol. The van der Waals surface area contributed by atoms with Gasteiger partial charge in [-0.15, -0.1) is 11.3 Å². The summed E-state index contributed by atoms with van der Waals surface area (Å²) < 4.78 is 0. The molecule has 21 heavy (non-hydrogen) atoms. The summed E-state index contributed by atoms with van der Waals surface area (Å²) in [6.07, 6.45) is 1.17. The first-order valence-corrected chi connectivity index (χ1v) is 8.14. The molecule has 1 aliphatic rings. The number of hydrogen-bond donors (Lipinski definition) is 1. The zero-order chi connectivity index (χ0) is 14.7. The number of thiophene rings is 1. The van der Waals surface area contributed by atoms with Gasteiger partial charge in [-0.05, 0) is 30.0 Å². The Morgan fingerprint density at radius 2 is 2.24 bits per heavy atom. The highest BCUT2D eigenvalue weighted by Gasteiger charge is 2.21. The van der Waals surface area contributed by atoms with E-state index in [1.54, 1.807) is 11.3 Å². The molecule has 0 aliphatic carbocycles. The minimum absolute atomic E-state index is 0.0812. The first kappa shape index (κ1) is 14.2. The van der Waals surface area contributed by atoms with E-state index in [0.29, 0.717) is 5.92 Å². The third-order valence-corrected chi connectivity index (χ3v) is 4.67. The smallest absolute Gasteiger partial charge is 0.104 e. The normalized spacial score (nSPS) is 17.0. The standard InChI is InChI=1S/C18H19NOS/c1-14-9-16-6-2-3-7-18(16)19(11-14)12-17-10-15(13-21-17)5-4-8-20/h2-3,6-7,10,13-14,20H,8-9,11-12H2,1H3. The Hall–Kier alpha value is -1.76. The number of hydrogen-bond acceptors (Lipinski definition) is 3. The van der Waals surface area contributed by atoms with Crippen molar-refractivity contribution < 1.29 is 5.11 Å². The van der Waals surface area contributed by atoms with Crippen LogP contribution < -0.4 is 4.90 Å². The van der Waals surface area contributed by atoms with Gasteiger partial charge in [0, 0.05) is 28.1 Å². The topological polar surface area (TPSA) is 23.5 Å². The molecule has 2 heterocycles. The Morgan fingerprint density at radius 3 is 3.10 bits per heavy atom. The molecule has 1 aliphatic heterocycles. The van der Waals surface area contributed by atoms with Crippen molar-refractivity contribution in [3.63, 3.8) is 0 Å². The highest BCUT2D eigenvalue weighted by molar-refractivity contribution is 7.10. The summed E-state index contributed by atoms with van der Waals surface area (Å²) in [7, 11) is 0. The molecule has 0 spiro atoms. The van der Waals surface area contributed by atoms with Gasteiger partial charge in [-0.25, -0.2) is 0 Å². The maximum Gasteiger partial charge on any atom is 0.104 e. The Kier molecular flexibility index (Phi) is 4.28. The summed E-state index contributed by atoms with van der Waals surface area (Å²) >= 11 is 1.74. The predicted octanol–water partition coefficient (Wildman–Crippen LogP) is 3.29. The molecule has 1 atom stereocenters. The molecule has 3 heteroatoms. The zero-order valence-electron chi connectivity index (χ0n) is 12.2. The Labute approximate surface area is 130 Å². The average molecular weight is 297 g/mol. The molecule has 0 radical (unpaired) electrons. The fourth-order valence-electron chi connectivity index (χ4n) is 2.92. The van der Waals surface area contributed by atoms with Crippen LogP contribution in [0.15, 0.2) is 35.7 Å². The lowest BCUT2D eigenvalue weighted by Gasteiger charge is -2.34. The highest BCUT2D eigenvalue weighted by Crippen LogP contribution is 2.31. The van der Waals surface area contributed by atoms with Gasteiger partial charge < -0.3 is 10.0 Å². The molecule has 0 amide bonds. The van der Waals surface area contributed by atoms with E-state index < -0.39 is 0 Å². The average Bonchev–Trinajstić information content (AvgIpc) is 2.92. The molecule has 3 rings (SSSR count). The van der Waals surface area contributed by atoms with E-state index in [0.717, 1.165) is 18.7 Å². The van der Waals surface area contributed by atoms with Gasteiger partial charge >= 0.3 is 0 Å². The summed E-state index contributed by atoms with van der Waals surface area (Å²) in [5.74, 6) is 6.36. The number of aliphatic hydroxyl groups is 1. The van der Waals surface area contributed by atoms with E-state index in [2.05, 4.69) is 59.4 Å². The molecule has 0 bridgehead atoms. The van der Waals surface area contributed by atoms with Crippen LogP contribution in [-0.2, 0) is 13.0 Å². The third-order valence-electron chi connectivity index (χ3n) is 3.74. The lowest BCUT2D eigenvalue weighted by molar-refractivity contribution is 0.350. The van der Waals surface area contributed by atoms with Crippen LogP contribution in [0.4, 0.5) is 5.69 Å². The summed E-state index contributed by atoms with van der Waals surface area (Å²) in [6, 6.07) is 10.8. The highest BCUT2D eigenvalue weighted by atomic mass is 32.1. The molecule has 108 valence electrons. The number of rotatable bonds is 2. The SMILES string of the molecule is CC1Cc2ccccc2N(Cc2cc(C#CCO)cs2)C1. The van der Waals surface area contributed by atoms with Crippen LogP contribution in [0, 0.1) is 17.8 Å². The quantitative estimate of drug-likeness (QED) is 0.860. The van der Waals surface area contributed by atoms with E-state index in [1.165, 1.54) is 22.5 Å². The number of fused-ring (bicyclic) bond motifs is 1. The van der Waals surface area contributed by atoms with Crippen molar-refractivity contribution in [3.8, 4) is 11.8 Å². The van der Waals surface area contributed by atoms with E-state index in [1.807, 2.05) is 0 Å². The van der Waals surface area contributed by atoms with Gasteiger partial charge in [-0.2, -0.15) is 0 Å². The number of anilines is 1. The van der Waals surface area contributed by atoms with Crippen molar-refractivity contribution in [2.24, 2.45) is 5.92 Å². The van der Waals surface area contributed by atoms with Gasteiger partial charge in [0.2, 0.25) is 0 Å². The van der Waals surface area contributed by atoms with E-state index >= 15 is 0 Å². The van der Waals surface area contributed by atoms with Crippen molar-refractivity contribution in [1.82, 2.24) is 0 Å². The van der Waals surface area contributed by atoms with Gasteiger partial charge in [-0.1, -0.05) is 37.0 Å². The molecule has 2 nitrogen and oxygen atoms in total. The summed E-state index contributed by atoms with van der Waals surface area (Å²) in [6.45, 7) is 4.27. The van der Waals surface area contributed by atoms with Crippen molar-refractivity contribution >= 4 is 17.0 Å². The minimum atomic E-state index is -0.0812. The summed E-state index contributed by atoms with van der Waals surface area (Å²) in [5.41, 5.74) is 3.82. The van der Waals surface area contributed by atoms with Crippen molar-refractivity contribution in [2.75, 3.05) is 18.1 Å². The molecule has 1 N–H and O–H groups in total. The molecule has 0 saturated carbocycles. The van der Waals surface area contributed by atoms with Crippen molar-refractivity contribution in [2.45, 2.75) is 19.9 Å². The van der Waals surface area contributed by atoms with Gasteiger partial charge in [0.05, 0.1) is 6.54 Å². The predicted molar refractivity (Wildman–Crippen MR) is 88.6 cm³/mol. The fraction of sp³-hybridized carbons (Fsp3) is 0.333. The van der Waals surface area contributed by atoms with Gasteiger partial charge in [0.25, 0.3) is 0 Å². The minimum Gasteiger partial charge on any atom is -0.384 e. The lowest BCUT2D eigenvalue weighted by Crippen LogP contribution is -2.33. The first-order chi connectivity index (χ1) is 10.3. The lowest BCUT2D eigenvalue weighted by atomic mass is 9.94. The fourth-order valence-corrected chi connectivity index (χ4v) is 3.75. The monoisotopic (exact) mass is 297 g/mol. The maximum atomic E-state index is 8.76. The second kappa shape index (κ2) is 6.34. The number of aliphatic hydroxyl groups excluding tert-OH is 1. The number of benzene rings is 1. The zero-order valence-corrected chi connectivity index (χ0v) is 13.0. The van der Waals surface area contributed by atoms with Gasteiger partial charge in [-0.3, -0.25) is 0 Å². The van der Waals surface area contributed by atoms with Crippen LogP contribution in [0.1, 0.15) is 22.9 Å². The molecule has 1 aromatic carbocycles. The third kappa shape index (κ3) is 3.29. The van der Waals surface area contributed by atoms with E-state index in [-0.39, 0.29) is 6.61 Å².